The number of thiophene rings is 1. The standard InChI is InChI=1S/C17H24N2O3S/c1-22-10-8-18-15(20)13-4-2-6-17(13)7-9-19(12-17)16(21)14-5-3-11-23-14/h3,5,11,13H,2,4,6-10,12H2,1H3,(H,18,20)/t13-,17-/m1/s1. The van der Waals surface area contributed by atoms with E-state index >= 15 is 0 Å². The minimum Gasteiger partial charge on any atom is -0.383 e. The molecule has 1 aromatic rings. The van der Waals surface area contributed by atoms with E-state index in [9.17, 15) is 9.59 Å². The summed E-state index contributed by atoms with van der Waals surface area (Å²) in [7, 11) is 1.63. The molecular weight excluding hydrogens is 312 g/mol. The first-order valence-corrected chi connectivity index (χ1v) is 9.14. The van der Waals surface area contributed by atoms with Gasteiger partial charge in [0, 0.05) is 38.1 Å². The number of hydrogen-bond acceptors (Lipinski definition) is 4. The molecule has 0 radical (unpaired) electrons. The average molecular weight is 336 g/mol. The number of hydrogen-bond donors (Lipinski definition) is 1. The molecule has 2 aliphatic rings. The predicted octanol–water partition coefficient (Wildman–Crippen LogP) is 2.14. The largest absolute Gasteiger partial charge is 0.383 e. The fraction of sp³-hybridized carbons (Fsp3) is 0.647. The fourth-order valence-electron chi connectivity index (χ4n) is 4.06. The van der Waals surface area contributed by atoms with Gasteiger partial charge in [-0.1, -0.05) is 12.5 Å². The van der Waals surface area contributed by atoms with Crippen LogP contribution in [0.3, 0.4) is 0 Å². The number of nitrogens with zero attached hydrogens (tertiary/aromatic N) is 1. The Hall–Kier alpha value is -1.40. The zero-order chi connectivity index (χ0) is 16.3. The van der Waals surface area contributed by atoms with Crippen LogP contribution in [0.2, 0.25) is 0 Å². The molecule has 5 nitrogen and oxygen atoms in total. The second-order valence-corrected chi connectivity index (χ2v) is 7.49. The van der Waals surface area contributed by atoms with Crippen molar-refractivity contribution in [2.24, 2.45) is 11.3 Å². The first kappa shape index (κ1) is 16.5. The van der Waals surface area contributed by atoms with E-state index in [2.05, 4.69) is 5.32 Å². The summed E-state index contributed by atoms with van der Waals surface area (Å²) in [4.78, 5) is 27.8. The maximum absolute atomic E-state index is 12.6. The van der Waals surface area contributed by atoms with E-state index in [1.54, 1.807) is 7.11 Å². The van der Waals surface area contributed by atoms with Gasteiger partial charge >= 0.3 is 0 Å². The van der Waals surface area contributed by atoms with Crippen molar-refractivity contribution in [3.05, 3.63) is 22.4 Å². The molecule has 126 valence electrons. The van der Waals surface area contributed by atoms with E-state index in [1.807, 2.05) is 22.4 Å². The van der Waals surface area contributed by atoms with Crippen LogP contribution in [0.1, 0.15) is 35.4 Å². The molecule has 1 saturated heterocycles. The zero-order valence-corrected chi connectivity index (χ0v) is 14.4. The highest BCUT2D eigenvalue weighted by Gasteiger charge is 2.51. The molecule has 1 aliphatic carbocycles. The third kappa shape index (κ3) is 3.28. The van der Waals surface area contributed by atoms with Crippen molar-refractivity contribution in [2.75, 3.05) is 33.4 Å². The summed E-state index contributed by atoms with van der Waals surface area (Å²) >= 11 is 1.49. The van der Waals surface area contributed by atoms with Gasteiger partial charge in [-0.25, -0.2) is 0 Å². The van der Waals surface area contributed by atoms with Gasteiger partial charge in [-0.3, -0.25) is 9.59 Å². The smallest absolute Gasteiger partial charge is 0.263 e. The van der Waals surface area contributed by atoms with Gasteiger partial charge in [-0.05, 0) is 30.7 Å². The van der Waals surface area contributed by atoms with Crippen LogP contribution in [0.4, 0.5) is 0 Å². The summed E-state index contributed by atoms with van der Waals surface area (Å²) in [5, 5.41) is 4.91. The monoisotopic (exact) mass is 336 g/mol. The van der Waals surface area contributed by atoms with Crippen molar-refractivity contribution in [1.82, 2.24) is 10.2 Å². The van der Waals surface area contributed by atoms with E-state index in [0.29, 0.717) is 19.7 Å². The Morgan fingerprint density at radius 2 is 2.35 bits per heavy atom. The molecule has 1 spiro atoms. The van der Waals surface area contributed by atoms with Crippen LogP contribution in [-0.4, -0.2) is 50.1 Å². The number of ether oxygens (including phenoxy) is 1. The Morgan fingerprint density at radius 1 is 1.48 bits per heavy atom. The van der Waals surface area contributed by atoms with Crippen LogP contribution in [-0.2, 0) is 9.53 Å². The quantitative estimate of drug-likeness (QED) is 0.838. The van der Waals surface area contributed by atoms with Crippen LogP contribution < -0.4 is 5.32 Å². The second-order valence-electron chi connectivity index (χ2n) is 6.55. The fourth-order valence-corrected chi connectivity index (χ4v) is 4.75. The third-order valence-electron chi connectivity index (χ3n) is 5.23. The minimum absolute atomic E-state index is 0.0237. The lowest BCUT2D eigenvalue weighted by atomic mass is 9.76. The van der Waals surface area contributed by atoms with E-state index in [0.717, 1.165) is 37.1 Å². The number of rotatable bonds is 5. The normalized spacial score (nSPS) is 26.8. The molecule has 23 heavy (non-hydrogen) atoms. The Balaban J connectivity index is 1.65. The Labute approximate surface area is 141 Å². The van der Waals surface area contributed by atoms with Crippen molar-refractivity contribution in [3.8, 4) is 0 Å². The SMILES string of the molecule is COCCNC(=O)[C@H]1CCC[C@]12CCN(C(=O)c1cccs1)C2. The van der Waals surface area contributed by atoms with Gasteiger partial charge in [0.05, 0.1) is 11.5 Å². The molecule has 1 aliphatic heterocycles. The maximum Gasteiger partial charge on any atom is 0.263 e. The van der Waals surface area contributed by atoms with Crippen LogP contribution in [0, 0.1) is 11.3 Å². The molecule has 1 aromatic heterocycles. The highest BCUT2D eigenvalue weighted by molar-refractivity contribution is 7.12. The topological polar surface area (TPSA) is 58.6 Å². The second kappa shape index (κ2) is 7.01. The summed E-state index contributed by atoms with van der Waals surface area (Å²) < 4.78 is 5.00. The Bertz CT molecular complexity index is 560. The van der Waals surface area contributed by atoms with E-state index in [-0.39, 0.29) is 23.1 Å². The molecule has 2 fully saturated rings. The molecule has 2 atom stereocenters. The summed E-state index contributed by atoms with van der Waals surface area (Å²) in [6, 6.07) is 3.78. The first-order chi connectivity index (χ1) is 11.2. The molecule has 3 rings (SSSR count). The van der Waals surface area contributed by atoms with Crippen LogP contribution in [0.15, 0.2) is 17.5 Å². The summed E-state index contributed by atoms with van der Waals surface area (Å²) in [6.07, 6.45) is 3.99. The van der Waals surface area contributed by atoms with Crippen LogP contribution >= 0.6 is 11.3 Å². The molecule has 0 bridgehead atoms. The van der Waals surface area contributed by atoms with Gasteiger partial charge in [0.2, 0.25) is 5.91 Å². The molecular formula is C17H24N2O3S. The third-order valence-corrected chi connectivity index (χ3v) is 6.09. The van der Waals surface area contributed by atoms with Gasteiger partial charge in [-0.15, -0.1) is 11.3 Å². The summed E-state index contributed by atoms with van der Waals surface area (Å²) in [6.45, 7) is 2.57. The minimum atomic E-state index is -0.0237. The zero-order valence-electron chi connectivity index (χ0n) is 13.5. The first-order valence-electron chi connectivity index (χ1n) is 8.26. The average Bonchev–Trinajstić information content (AvgIpc) is 3.28. The van der Waals surface area contributed by atoms with Crippen molar-refractivity contribution in [3.63, 3.8) is 0 Å². The molecule has 1 N–H and O–H groups in total. The summed E-state index contributed by atoms with van der Waals surface area (Å²) in [5.41, 5.74) is -0.0237. The summed E-state index contributed by atoms with van der Waals surface area (Å²) in [5.74, 6) is 0.271. The lowest BCUT2D eigenvalue weighted by Crippen LogP contribution is -2.42. The maximum atomic E-state index is 12.6. The van der Waals surface area contributed by atoms with Crippen LogP contribution in [0.5, 0.6) is 0 Å². The van der Waals surface area contributed by atoms with Crippen molar-refractivity contribution in [2.45, 2.75) is 25.7 Å². The van der Waals surface area contributed by atoms with Crippen molar-refractivity contribution < 1.29 is 14.3 Å². The number of methoxy groups -OCH3 is 1. The van der Waals surface area contributed by atoms with Crippen molar-refractivity contribution in [1.29, 1.82) is 0 Å². The molecule has 0 aromatic carbocycles. The van der Waals surface area contributed by atoms with E-state index in [1.165, 1.54) is 11.3 Å². The van der Waals surface area contributed by atoms with Gasteiger partial charge < -0.3 is 15.0 Å². The predicted molar refractivity (Wildman–Crippen MR) is 89.5 cm³/mol. The van der Waals surface area contributed by atoms with Gasteiger partial charge in [0.25, 0.3) is 5.91 Å². The molecule has 2 heterocycles. The van der Waals surface area contributed by atoms with E-state index in [4.69, 9.17) is 4.74 Å². The Kier molecular flexibility index (Phi) is 5.02. The van der Waals surface area contributed by atoms with Gasteiger partial charge in [-0.2, -0.15) is 0 Å². The van der Waals surface area contributed by atoms with Crippen LogP contribution in [0.25, 0.3) is 0 Å². The van der Waals surface area contributed by atoms with Gasteiger partial charge in [0.15, 0.2) is 0 Å². The lowest BCUT2D eigenvalue weighted by molar-refractivity contribution is -0.128. The van der Waals surface area contributed by atoms with Crippen molar-refractivity contribution >= 4 is 23.2 Å². The highest BCUT2D eigenvalue weighted by Crippen LogP contribution is 2.50. The highest BCUT2D eigenvalue weighted by atomic mass is 32.1. The number of carbonyl (C=O) groups excluding carboxylic acids is 2. The van der Waals surface area contributed by atoms with Gasteiger partial charge in [0.1, 0.15) is 0 Å². The molecule has 2 amide bonds. The lowest BCUT2D eigenvalue weighted by Gasteiger charge is -2.30. The molecule has 1 saturated carbocycles. The number of likely N-dealkylation sites (tertiary alicyclic amines) is 1. The number of carbonyl (C=O) groups is 2. The molecule has 6 heteroatoms. The molecule has 0 unspecified atom stereocenters. The Morgan fingerprint density at radius 3 is 3.09 bits per heavy atom. The number of amides is 2. The number of nitrogens with one attached hydrogen (secondary N) is 1. The van der Waals surface area contributed by atoms with E-state index < -0.39 is 0 Å².